The van der Waals surface area contributed by atoms with Crippen LogP contribution in [0.5, 0.6) is 5.75 Å². The molecule has 2 aliphatic rings. The number of nitrogens with zero attached hydrogens (tertiary/aromatic N) is 2. The molecule has 1 aromatic heterocycles. The van der Waals surface area contributed by atoms with Gasteiger partial charge in [0.25, 0.3) is 11.5 Å². The van der Waals surface area contributed by atoms with Gasteiger partial charge in [-0.2, -0.15) is 13.2 Å². The van der Waals surface area contributed by atoms with Crippen LogP contribution in [0.2, 0.25) is 0 Å². The molecule has 2 atom stereocenters. The molecule has 0 radical (unpaired) electrons. The number of benzene rings is 1. The number of piperidine rings is 2. The summed E-state index contributed by atoms with van der Waals surface area (Å²) in [5.74, 6) is -0.775. The van der Waals surface area contributed by atoms with E-state index in [0.29, 0.717) is 25.1 Å². The van der Waals surface area contributed by atoms with Gasteiger partial charge in [0.15, 0.2) is 0 Å². The number of methoxy groups -OCH3 is 2. The van der Waals surface area contributed by atoms with Crippen LogP contribution in [0.3, 0.4) is 0 Å². The summed E-state index contributed by atoms with van der Waals surface area (Å²) in [5.41, 5.74) is -3.07. The lowest BCUT2D eigenvalue weighted by Gasteiger charge is -2.50. The Morgan fingerprint density at radius 2 is 1.83 bits per heavy atom. The molecule has 0 unspecified atom stereocenters. The molecule has 4 rings (SSSR count). The maximum atomic E-state index is 14.4. The molecule has 2 saturated heterocycles. The smallest absolute Gasteiger partial charge is 0.430 e. The summed E-state index contributed by atoms with van der Waals surface area (Å²) in [6.45, 7) is 0.502. The fourth-order valence-corrected chi connectivity index (χ4v) is 5.52. The standard InChI is InChI=1S/C25H28F3N3O4/c1-34-20-8-11-29-15-18(20)19-16-30-21(32)14-23(19)9-12-31(13-10-23)22(33)24(35-2,25(26,27)28)17-6-4-3-5-7-17/h3-8,11,15,19H,9-10,12-14,16H2,1-2H3,(H,30,32)/t19-,24+/m0/s1. The summed E-state index contributed by atoms with van der Waals surface area (Å²) in [7, 11) is 2.46. The SMILES string of the molecule is COc1ccncc1[C@@H]1CNC(=O)CC12CCN(C(=O)[C@](OC)(c1ccccc1)C(F)(F)F)CC2. The van der Waals surface area contributed by atoms with Crippen molar-refractivity contribution >= 4 is 11.8 Å². The van der Waals surface area contributed by atoms with Gasteiger partial charge in [-0.25, -0.2) is 0 Å². The molecule has 3 heterocycles. The van der Waals surface area contributed by atoms with Crippen molar-refractivity contribution in [2.45, 2.75) is 37.0 Å². The van der Waals surface area contributed by atoms with Crippen molar-refractivity contribution < 1.29 is 32.2 Å². The van der Waals surface area contributed by atoms with Crippen LogP contribution in [0.4, 0.5) is 13.2 Å². The van der Waals surface area contributed by atoms with Crippen molar-refractivity contribution in [1.82, 2.24) is 15.2 Å². The number of pyridine rings is 1. The number of aromatic nitrogens is 1. The second kappa shape index (κ2) is 9.49. The zero-order valence-corrected chi connectivity index (χ0v) is 19.6. The molecule has 0 aliphatic carbocycles. The quantitative estimate of drug-likeness (QED) is 0.694. The number of hydrogen-bond donors (Lipinski definition) is 1. The number of nitrogens with one attached hydrogen (secondary N) is 1. The van der Waals surface area contributed by atoms with Gasteiger partial charge in [-0.1, -0.05) is 30.3 Å². The first-order chi connectivity index (χ1) is 16.7. The highest BCUT2D eigenvalue weighted by Crippen LogP contribution is 2.51. The summed E-state index contributed by atoms with van der Waals surface area (Å²) in [5, 5.41) is 2.89. The van der Waals surface area contributed by atoms with Crippen LogP contribution in [0, 0.1) is 5.41 Å². The number of carbonyl (C=O) groups excluding carboxylic acids is 2. The van der Waals surface area contributed by atoms with Gasteiger partial charge in [0.2, 0.25) is 5.91 Å². The van der Waals surface area contributed by atoms with E-state index in [0.717, 1.165) is 12.7 Å². The molecule has 2 aliphatic heterocycles. The fourth-order valence-electron chi connectivity index (χ4n) is 5.52. The molecule has 1 aromatic carbocycles. The molecule has 10 heteroatoms. The van der Waals surface area contributed by atoms with E-state index in [1.807, 2.05) is 0 Å². The second-order valence-corrected chi connectivity index (χ2v) is 9.05. The predicted molar refractivity (Wildman–Crippen MR) is 121 cm³/mol. The van der Waals surface area contributed by atoms with Crippen LogP contribution in [-0.2, 0) is 19.9 Å². The number of amides is 2. The van der Waals surface area contributed by atoms with Crippen molar-refractivity contribution in [3.8, 4) is 5.75 Å². The Kier molecular flexibility index (Phi) is 6.77. The van der Waals surface area contributed by atoms with Crippen molar-refractivity contribution in [3.63, 3.8) is 0 Å². The van der Waals surface area contributed by atoms with Crippen LogP contribution < -0.4 is 10.1 Å². The average molecular weight is 492 g/mol. The number of likely N-dealkylation sites (tertiary alicyclic amines) is 1. The van der Waals surface area contributed by atoms with Gasteiger partial charge in [0.1, 0.15) is 5.75 Å². The van der Waals surface area contributed by atoms with Crippen LogP contribution in [0.1, 0.15) is 36.3 Å². The van der Waals surface area contributed by atoms with Crippen LogP contribution >= 0.6 is 0 Å². The first-order valence-corrected chi connectivity index (χ1v) is 11.4. The van der Waals surface area contributed by atoms with Crippen molar-refractivity contribution in [2.24, 2.45) is 5.41 Å². The summed E-state index contributed by atoms with van der Waals surface area (Å²) < 4.78 is 53.6. The van der Waals surface area contributed by atoms with Crippen molar-refractivity contribution in [1.29, 1.82) is 0 Å². The largest absolute Gasteiger partial charge is 0.496 e. The summed E-state index contributed by atoms with van der Waals surface area (Å²) >= 11 is 0. The van der Waals surface area contributed by atoms with Gasteiger partial charge in [0.05, 0.1) is 7.11 Å². The molecule has 0 bridgehead atoms. The van der Waals surface area contributed by atoms with Gasteiger partial charge in [-0.15, -0.1) is 0 Å². The molecule has 7 nitrogen and oxygen atoms in total. The molecule has 2 fully saturated rings. The van der Waals surface area contributed by atoms with E-state index < -0.39 is 23.1 Å². The number of halogens is 3. The molecule has 35 heavy (non-hydrogen) atoms. The Morgan fingerprint density at radius 3 is 2.43 bits per heavy atom. The molecular weight excluding hydrogens is 463 g/mol. The van der Waals surface area contributed by atoms with E-state index in [9.17, 15) is 22.8 Å². The van der Waals surface area contributed by atoms with E-state index in [2.05, 4.69) is 10.3 Å². The average Bonchev–Trinajstić information content (AvgIpc) is 2.85. The monoisotopic (exact) mass is 491 g/mol. The highest BCUT2D eigenvalue weighted by Gasteiger charge is 2.64. The Bertz CT molecular complexity index is 1070. The Hall–Kier alpha value is -3.14. The van der Waals surface area contributed by atoms with Gasteiger partial charge in [-0.3, -0.25) is 14.6 Å². The van der Waals surface area contributed by atoms with E-state index in [4.69, 9.17) is 9.47 Å². The lowest BCUT2D eigenvalue weighted by atomic mass is 9.62. The number of rotatable bonds is 5. The van der Waals surface area contributed by atoms with Gasteiger partial charge in [-0.05, 0) is 24.3 Å². The van der Waals surface area contributed by atoms with Gasteiger partial charge >= 0.3 is 6.18 Å². The zero-order chi connectivity index (χ0) is 25.3. The van der Waals surface area contributed by atoms with Crippen molar-refractivity contribution in [2.75, 3.05) is 33.9 Å². The number of ether oxygens (including phenoxy) is 2. The molecule has 0 saturated carbocycles. The highest BCUT2D eigenvalue weighted by molar-refractivity contribution is 5.88. The third kappa shape index (κ3) is 4.24. The summed E-state index contributed by atoms with van der Waals surface area (Å²) in [6.07, 6.45) is -0.711. The predicted octanol–water partition coefficient (Wildman–Crippen LogP) is 3.41. The lowest BCUT2D eigenvalue weighted by molar-refractivity contribution is -0.271. The second-order valence-electron chi connectivity index (χ2n) is 9.05. The first kappa shape index (κ1) is 25.0. The normalized spacial score (nSPS) is 21.8. The summed E-state index contributed by atoms with van der Waals surface area (Å²) in [6, 6.07) is 8.71. The molecule has 2 aromatic rings. The molecule has 2 amide bonds. The van der Waals surface area contributed by atoms with Crippen molar-refractivity contribution in [3.05, 3.63) is 59.9 Å². The molecular formula is C25H28F3N3O4. The maximum Gasteiger partial charge on any atom is 0.430 e. The molecule has 1 spiro atoms. The highest BCUT2D eigenvalue weighted by atomic mass is 19.4. The number of carbonyl (C=O) groups is 2. The van der Waals surface area contributed by atoms with Crippen LogP contribution in [0.15, 0.2) is 48.8 Å². The molecule has 1 N–H and O–H groups in total. The Balaban J connectivity index is 1.64. The lowest BCUT2D eigenvalue weighted by Crippen LogP contribution is -2.60. The minimum Gasteiger partial charge on any atom is -0.496 e. The summed E-state index contributed by atoms with van der Waals surface area (Å²) in [4.78, 5) is 31.3. The Labute approximate surface area is 201 Å². The van der Waals surface area contributed by atoms with Gasteiger partial charge in [0, 0.05) is 62.6 Å². The fraction of sp³-hybridized carbons (Fsp3) is 0.480. The van der Waals surface area contributed by atoms with E-state index >= 15 is 0 Å². The molecule has 188 valence electrons. The maximum absolute atomic E-state index is 14.4. The van der Waals surface area contributed by atoms with E-state index in [1.54, 1.807) is 31.6 Å². The van der Waals surface area contributed by atoms with Crippen LogP contribution in [0.25, 0.3) is 0 Å². The van der Waals surface area contributed by atoms with E-state index in [1.165, 1.54) is 29.2 Å². The minimum absolute atomic E-state index is 0.0687. The zero-order valence-electron chi connectivity index (χ0n) is 19.6. The van der Waals surface area contributed by atoms with Gasteiger partial charge < -0.3 is 19.7 Å². The van der Waals surface area contributed by atoms with E-state index in [-0.39, 0.29) is 36.9 Å². The first-order valence-electron chi connectivity index (χ1n) is 11.4. The topological polar surface area (TPSA) is 80.8 Å². The number of alkyl halides is 3. The van der Waals surface area contributed by atoms with Crippen LogP contribution in [-0.4, -0.2) is 61.7 Å². The third-order valence-corrected chi connectivity index (χ3v) is 7.39. The third-order valence-electron chi connectivity index (χ3n) is 7.39. The Morgan fingerprint density at radius 1 is 1.14 bits per heavy atom. The number of hydrogen-bond acceptors (Lipinski definition) is 5. The minimum atomic E-state index is -4.97.